The third-order valence-electron chi connectivity index (χ3n) is 8.33. The van der Waals surface area contributed by atoms with Gasteiger partial charge in [0, 0.05) is 35.9 Å². The number of hydrogen-bond acceptors (Lipinski definition) is 0. The first-order valence-corrected chi connectivity index (χ1v) is 13.2. The number of fused-ring (bicyclic) bond motifs is 5. The van der Waals surface area contributed by atoms with E-state index >= 15 is 0 Å². The second-order valence-corrected chi connectivity index (χ2v) is 10.4. The van der Waals surface area contributed by atoms with Gasteiger partial charge in [-0.3, -0.25) is 0 Å². The number of rotatable bonds is 8. The molecule has 33 heavy (non-hydrogen) atoms. The lowest BCUT2D eigenvalue weighted by molar-refractivity contribution is -0.718. The summed E-state index contributed by atoms with van der Waals surface area (Å²) in [6.45, 7) is 18.5. The molecule has 0 spiro atoms. The van der Waals surface area contributed by atoms with Crippen LogP contribution >= 0.6 is 0 Å². The second kappa shape index (κ2) is 9.45. The molecule has 2 aromatic carbocycles. The van der Waals surface area contributed by atoms with Gasteiger partial charge in [0.1, 0.15) is 0 Å². The summed E-state index contributed by atoms with van der Waals surface area (Å²) in [6.07, 6.45) is 8.55. The number of unbranched alkanes of at least 4 members (excludes halogenated alkanes) is 2. The van der Waals surface area contributed by atoms with Crippen molar-refractivity contribution in [1.29, 1.82) is 0 Å². The SMILES string of the molecule is C=C1c2cc(C)c(C)cc2-c2ccc3c(CC(C)CCCCC)cccc3[n+]2C1(CC)CC. The van der Waals surface area contributed by atoms with Gasteiger partial charge in [0.2, 0.25) is 11.2 Å². The fourth-order valence-electron chi connectivity index (χ4n) is 6.08. The van der Waals surface area contributed by atoms with Gasteiger partial charge in [-0.15, -0.1) is 0 Å². The third kappa shape index (κ3) is 3.94. The molecule has 0 fully saturated rings. The van der Waals surface area contributed by atoms with E-state index in [9.17, 15) is 0 Å². The monoisotopic (exact) mass is 440 g/mol. The van der Waals surface area contributed by atoms with E-state index in [1.54, 1.807) is 0 Å². The summed E-state index contributed by atoms with van der Waals surface area (Å²) >= 11 is 0. The van der Waals surface area contributed by atoms with Gasteiger partial charge in [0.25, 0.3) is 0 Å². The molecule has 1 atom stereocenters. The van der Waals surface area contributed by atoms with E-state index in [-0.39, 0.29) is 5.54 Å². The Hall–Kier alpha value is -2.41. The van der Waals surface area contributed by atoms with Crippen molar-refractivity contribution >= 4 is 16.5 Å². The van der Waals surface area contributed by atoms with Gasteiger partial charge in [0.15, 0.2) is 5.54 Å². The zero-order valence-corrected chi connectivity index (χ0v) is 21.7. The van der Waals surface area contributed by atoms with Gasteiger partial charge in [0.05, 0.1) is 5.56 Å². The highest BCUT2D eigenvalue weighted by Gasteiger charge is 2.48. The Balaban J connectivity index is 1.92. The molecule has 0 bridgehead atoms. The first-order valence-electron chi connectivity index (χ1n) is 13.2. The standard InChI is InChI=1S/C32H42N/c1-8-11-12-14-22(4)19-26-15-13-16-30-27(26)17-18-31-29-21-24(6)23(5)20-28(29)25(7)32(9-2,10-3)33(30)31/h13,15-18,20-22H,7-12,14,19H2,1-6H3/q+1. The lowest BCUT2D eigenvalue weighted by Gasteiger charge is -2.36. The van der Waals surface area contributed by atoms with Crippen LogP contribution in [0.1, 0.15) is 88.5 Å². The molecule has 1 nitrogen and oxygen atoms in total. The Bertz CT molecular complexity index is 1180. The highest BCUT2D eigenvalue weighted by atomic mass is 15.1. The molecule has 0 aliphatic carbocycles. The van der Waals surface area contributed by atoms with Crippen LogP contribution in [0.2, 0.25) is 0 Å². The minimum Gasteiger partial charge on any atom is -0.182 e. The first-order chi connectivity index (χ1) is 15.9. The molecular formula is C32H42N+. The summed E-state index contributed by atoms with van der Waals surface area (Å²) in [7, 11) is 0. The Labute approximate surface area is 201 Å². The smallest absolute Gasteiger partial charge is 0.182 e. The van der Waals surface area contributed by atoms with E-state index in [0.717, 1.165) is 19.3 Å². The van der Waals surface area contributed by atoms with Crippen LogP contribution in [-0.2, 0) is 12.0 Å². The lowest BCUT2D eigenvalue weighted by Crippen LogP contribution is -2.59. The molecule has 2 heterocycles. The average Bonchev–Trinajstić information content (AvgIpc) is 2.81. The van der Waals surface area contributed by atoms with Crippen molar-refractivity contribution in [1.82, 2.24) is 0 Å². The molecule has 1 heteroatoms. The number of allylic oxidation sites excluding steroid dienone is 1. The highest BCUT2D eigenvalue weighted by Crippen LogP contribution is 2.45. The minimum atomic E-state index is -0.0884. The van der Waals surface area contributed by atoms with Crippen LogP contribution in [0.3, 0.4) is 0 Å². The molecule has 174 valence electrons. The van der Waals surface area contributed by atoms with Crippen LogP contribution in [-0.4, -0.2) is 0 Å². The summed E-state index contributed by atoms with van der Waals surface area (Å²) in [5, 5.41) is 1.41. The maximum atomic E-state index is 4.72. The number of aromatic nitrogens is 1. The number of hydrogen-bond donors (Lipinski definition) is 0. The van der Waals surface area contributed by atoms with Crippen molar-refractivity contribution < 1.29 is 4.57 Å². The molecule has 0 saturated carbocycles. The first kappa shape index (κ1) is 23.7. The van der Waals surface area contributed by atoms with Gasteiger partial charge >= 0.3 is 0 Å². The molecule has 0 amide bonds. The second-order valence-electron chi connectivity index (χ2n) is 10.4. The van der Waals surface area contributed by atoms with Gasteiger partial charge < -0.3 is 0 Å². The average molecular weight is 441 g/mol. The summed E-state index contributed by atoms with van der Waals surface area (Å²) in [5.41, 5.74) is 10.7. The zero-order valence-electron chi connectivity index (χ0n) is 21.7. The molecule has 1 aromatic heterocycles. The number of pyridine rings is 1. The van der Waals surface area contributed by atoms with E-state index in [1.165, 1.54) is 75.7 Å². The molecule has 3 aromatic rings. The Morgan fingerprint density at radius 2 is 1.61 bits per heavy atom. The molecule has 1 aliphatic heterocycles. The number of aryl methyl sites for hydroxylation is 2. The van der Waals surface area contributed by atoms with Gasteiger partial charge in [-0.1, -0.05) is 78.2 Å². The van der Waals surface area contributed by atoms with E-state index < -0.39 is 0 Å². The normalized spacial score (nSPS) is 15.4. The van der Waals surface area contributed by atoms with E-state index in [4.69, 9.17) is 6.58 Å². The quantitative estimate of drug-likeness (QED) is 0.243. The summed E-state index contributed by atoms with van der Waals surface area (Å²) in [5.74, 6) is 0.714. The Morgan fingerprint density at radius 3 is 2.27 bits per heavy atom. The van der Waals surface area contributed by atoms with Crippen molar-refractivity contribution in [3.63, 3.8) is 0 Å². The largest absolute Gasteiger partial charge is 0.214 e. The van der Waals surface area contributed by atoms with Crippen molar-refractivity contribution in [2.45, 2.75) is 92.0 Å². The maximum absolute atomic E-state index is 4.72. The predicted octanol–water partition coefficient (Wildman–Crippen LogP) is 8.71. The Morgan fingerprint density at radius 1 is 0.909 bits per heavy atom. The molecule has 4 rings (SSSR count). The summed E-state index contributed by atoms with van der Waals surface area (Å²) < 4.78 is 2.65. The number of nitrogens with zero attached hydrogens (tertiary/aromatic N) is 1. The van der Waals surface area contributed by atoms with Crippen LogP contribution in [0.4, 0.5) is 0 Å². The summed E-state index contributed by atoms with van der Waals surface area (Å²) in [6, 6.07) is 16.5. The summed E-state index contributed by atoms with van der Waals surface area (Å²) in [4.78, 5) is 0. The van der Waals surface area contributed by atoms with Crippen molar-refractivity contribution in [2.24, 2.45) is 5.92 Å². The highest BCUT2D eigenvalue weighted by molar-refractivity contribution is 5.88. The topological polar surface area (TPSA) is 3.88 Å². The maximum Gasteiger partial charge on any atom is 0.214 e. The van der Waals surface area contributed by atoms with Crippen LogP contribution in [0.25, 0.3) is 27.7 Å². The van der Waals surface area contributed by atoms with Gasteiger partial charge in [-0.05, 0) is 60.6 Å². The fraction of sp³-hybridized carbons (Fsp3) is 0.469. The predicted molar refractivity (Wildman–Crippen MR) is 144 cm³/mol. The minimum absolute atomic E-state index is 0.0884. The lowest BCUT2D eigenvalue weighted by atomic mass is 9.74. The van der Waals surface area contributed by atoms with Crippen molar-refractivity contribution in [2.75, 3.05) is 0 Å². The molecular weight excluding hydrogens is 398 g/mol. The van der Waals surface area contributed by atoms with Crippen molar-refractivity contribution in [3.8, 4) is 11.3 Å². The van der Waals surface area contributed by atoms with Crippen LogP contribution in [0, 0.1) is 19.8 Å². The molecule has 1 unspecified atom stereocenters. The van der Waals surface area contributed by atoms with Crippen LogP contribution < -0.4 is 4.57 Å². The molecule has 0 saturated heterocycles. The molecule has 0 N–H and O–H groups in total. The third-order valence-corrected chi connectivity index (χ3v) is 8.33. The zero-order chi connectivity index (χ0) is 23.8. The fourth-order valence-corrected chi connectivity index (χ4v) is 6.08. The van der Waals surface area contributed by atoms with Gasteiger partial charge in [-0.2, -0.15) is 4.57 Å². The Kier molecular flexibility index (Phi) is 6.80. The van der Waals surface area contributed by atoms with Crippen molar-refractivity contribution in [3.05, 3.63) is 71.3 Å². The van der Waals surface area contributed by atoms with Crippen LogP contribution in [0.15, 0.2) is 49.0 Å². The van der Waals surface area contributed by atoms with Crippen LogP contribution in [0.5, 0.6) is 0 Å². The van der Waals surface area contributed by atoms with E-state index in [2.05, 4.69) is 88.6 Å². The van der Waals surface area contributed by atoms with Gasteiger partial charge in [-0.25, -0.2) is 0 Å². The number of benzene rings is 2. The molecule has 1 aliphatic rings. The van der Waals surface area contributed by atoms with E-state index in [1.807, 2.05) is 0 Å². The molecule has 0 radical (unpaired) electrons. The van der Waals surface area contributed by atoms with E-state index in [0.29, 0.717) is 5.92 Å².